The SMILES string of the molecule is COc1cc(C)ccc1CNC(=O)C1CC12CCNCC2.Cl. The van der Waals surface area contributed by atoms with Crippen molar-refractivity contribution in [1.82, 2.24) is 10.6 Å². The predicted molar refractivity (Wildman–Crippen MR) is 89.5 cm³/mol. The lowest BCUT2D eigenvalue weighted by molar-refractivity contribution is -0.123. The summed E-state index contributed by atoms with van der Waals surface area (Å²) >= 11 is 0. The zero-order valence-corrected chi connectivity index (χ0v) is 14.1. The van der Waals surface area contributed by atoms with Gasteiger partial charge >= 0.3 is 0 Å². The van der Waals surface area contributed by atoms with Crippen molar-refractivity contribution in [1.29, 1.82) is 0 Å². The van der Waals surface area contributed by atoms with Crippen LogP contribution < -0.4 is 15.4 Å². The van der Waals surface area contributed by atoms with Gasteiger partial charge in [-0.05, 0) is 56.3 Å². The molecule has 1 aromatic carbocycles. The van der Waals surface area contributed by atoms with Gasteiger partial charge in [0.15, 0.2) is 0 Å². The van der Waals surface area contributed by atoms with Crippen LogP contribution in [-0.2, 0) is 11.3 Å². The molecular weight excluding hydrogens is 300 g/mol. The first kappa shape index (κ1) is 17.1. The summed E-state index contributed by atoms with van der Waals surface area (Å²) in [6, 6.07) is 6.09. The molecule has 1 saturated carbocycles. The fourth-order valence-corrected chi connectivity index (χ4v) is 3.50. The highest BCUT2D eigenvalue weighted by Gasteiger charge is 2.57. The van der Waals surface area contributed by atoms with Gasteiger partial charge in [-0.25, -0.2) is 0 Å². The van der Waals surface area contributed by atoms with Crippen LogP contribution >= 0.6 is 12.4 Å². The first-order valence-corrected chi connectivity index (χ1v) is 7.77. The zero-order valence-electron chi connectivity index (χ0n) is 13.3. The van der Waals surface area contributed by atoms with E-state index in [2.05, 4.69) is 16.7 Å². The first-order valence-electron chi connectivity index (χ1n) is 7.77. The molecule has 22 heavy (non-hydrogen) atoms. The number of hydrogen-bond donors (Lipinski definition) is 2. The zero-order chi connectivity index (χ0) is 14.9. The Morgan fingerprint density at radius 3 is 2.82 bits per heavy atom. The minimum absolute atomic E-state index is 0. The molecule has 1 aromatic rings. The second-order valence-corrected chi connectivity index (χ2v) is 6.40. The van der Waals surface area contributed by atoms with Crippen molar-refractivity contribution in [3.8, 4) is 5.75 Å². The Balaban J connectivity index is 0.00000176. The third-order valence-corrected chi connectivity index (χ3v) is 5.00. The fourth-order valence-electron chi connectivity index (χ4n) is 3.50. The molecule has 1 spiro atoms. The van der Waals surface area contributed by atoms with Crippen LogP contribution in [0.15, 0.2) is 18.2 Å². The molecule has 1 unspecified atom stereocenters. The van der Waals surface area contributed by atoms with Crippen molar-refractivity contribution in [2.75, 3.05) is 20.2 Å². The summed E-state index contributed by atoms with van der Waals surface area (Å²) in [5, 5.41) is 6.46. The highest BCUT2D eigenvalue weighted by Crippen LogP contribution is 2.58. The minimum Gasteiger partial charge on any atom is -0.496 e. The number of halogens is 1. The molecule has 0 aromatic heterocycles. The van der Waals surface area contributed by atoms with Crippen LogP contribution in [0.25, 0.3) is 0 Å². The third-order valence-electron chi connectivity index (χ3n) is 5.00. The smallest absolute Gasteiger partial charge is 0.223 e. The van der Waals surface area contributed by atoms with Gasteiger partial charge in [0.05, 0.1) is 7.11 Å². The molecule has 0 radical (unpaired) electrons. The van der Waals surface area contributed by atoms with Gasteiger partial charge in [-0.15, -0.1) is 12.4 Å². The van der Waals surface area contributed by atoms with Gasteiger partial charge in [-0.2, -0.15) is 0 Å². The molecule has 1 aliphatic carbocycles. The molecule has 4 nitrogen and oxygen atoms in total. The number of rotatable bonds is 4. The highest BCUT2D eigenvalue weighted by atomic mass is 35.5. The standard InChI is InChI=1S/C17H24N2O2.ClH/c1-12-3-4-13(15(9-12)21-2)11-19-16(20)14-10-17(14)5-7-18-8-6-17;/h3-4,9,14,18H,5-8,10-11H2,1-2H3,(H,19,20);1H. The van der Waals surface area contributed by atoms with Crippen LogP contribution in [0, 0.1) is 18.3 Å². The van der Waals surface area contributed by atoms with Crippen LogP contribution in [-0.4, -0.2) is 26.1 Å². The Kier molecular flexibility index (Phi) is 5.35. The number of methoxy groups -OCH3 is 1. The van der Waals surface area contributed by atoms with Gasteiger partial charge in [0.2, 0.25) is 5.91 Å². The van der Waals surface area contributed by atoms with E-state index in [4.69, 9.17) is 4.74 Å². The number of amides is 1. The van der Waals surface area contributed by atoms with E-state index in [1.54, 1.807) is 7.11 Å². The topological polar surface area (TPSA) is 50.4 Å². The number of nitrogens with one attached hydrogen (secondary N) is 2. The molecular formula is C17H25ClN2O2. The van der Waals surface area contributed by atoms with Crippen LogP contribution in [0.2, 0.25) is 0 Å². The number of carbonyl (C=O) groups excluding carboxylic acids is 1. The number of hydrogen-bond acceptors (Lipinski definition) is 3. The van der Waals surface area contributed by atoms with Crippen LogP contribution in [0.3, 0.4) is 0 Å². The lowest BCUT2D eigenvalue weighted by atomic mass is 9.92. The second kappa shape index (κ2) is 6.88. The molecule has 1 saturated heterocycles. The number of ether oxygens (including phenoxy) is 1. The van der Waals surface area contributed by atoms with E-state index >= 15 is 0 Å². The quantitative estimate of drug-likeness (QED) is 0.894. The van der Waals surface area contributed by atoms with E-state index in [9.17, 15) is 4.79 Å². The van der Waals surface area contributed by atoms with Crippen LogP contribution in [0.5, 0.6) is 5.75 Å². The highest BCUT2D eigenvalue weighted by molar-refractivity contribution is 5.85. The Hall–Kier alpha value is -1.26. The molecule has 1 aliphatic heterocycles. The summed E-state index contributed by atoms with van der Waals surface area (Å²) < 4.78 is 5.38. The molecule has 2 fully saturated rings. The maximum atomic E-state index is 12.3. The monoisotopic (exact) mass is 324 g/mol. The van der Waals surface area contributed by atoms with Crippen molar-refractivity contribution in [3.05, 3.63) is 29.3 Å². The summed E-state index contributed by atoms with van der Waals surface area (Å²) in [5.41, 5.74) is 2.50. The van der Waals surface area contributed by atoms with Crippen molar-refractivity contribution in [2.24, 2.45) is 11.3 Å². The van der Waals surface area contributed by atoms with Gasteiger partial charge in [0.25, 0.3) is 0 Å². The summed E-state index contributed by atoms with van der Waals surface area (Å²) in [6.07, 6.45) is 3.34. The van der Waals surface area contributed by atoms with Gasteiger partial charge in [-0.1, -0.05) is 12.1 Å². The lowest BCUT2D eigenvalue weighted by Gasteiger charge is -2.23. The molecule has 0 bridgehead atoms. The van der Waals surface area contributed by atoms with E-state index in [-0.39, 0.29) is 24.2 Å². The van der Waals surface area contributed by atoms with Gasteiger partial charge < -0.3 is 15.4 Å². The van der Waals surface area contributed by atoms with Crippen LogP contribution in [0.4, 0.5) is 0 Å². The molecule has 3 rings (SSSR count). The second-order valence-electron chi connectivity index (χ2n) is 6.40. The van der Waals surface area contributed by atoms with Crippen molar-refractivity contribution >= 4 is 18.3 Å². The predicted octanol–water partition coefficient (Wildman–Crippen LogP) is 2.43. The number of aryl methyl sites for hydroxylation is 1. The maximum absolute atomic E-state index is 12.3. The van der Waals surface area contributed by atoms with Crippen molar-refractivity contribution < 1.29 is 9.53 Å². The van der Waals surface area contributed by atoms with E-state index in [0.717, 1.165) is 49.2 Å². The van der Waals surface area contributed by atoms with Crippen molar-refractivity contribution in [2.45, 2.75) is 32.7 Å². The average Bonchev–Trinajstić information content (AvgIpc) is 3.19. The average molecular weight is 325 g/mol. The largest absolute Gasteiger partial charge is 0.496 e. The molecule has 122 valence electrons. The molecule has 2 N–H and O–H groups in total. The number of piperidine rings is 1. The Morgan fingerprint density at radius 2 is 2.14 bits per heavy atom. The van der Waals surface area contributed by atoms with E-state index in [1.165, 1.54) is 0 Å². The van der Waals surface area contributed by atoms with E-state index in [0.29, 0.717) is 12.0 Å². The maximum Gasteiger partial charge on any atom is 0.223 e. The molecule has 1 heterocycles. The van der Waals surface area contributed by atoms with E-state index < -0.39 is 0 Å². The number of carbonyl (C=O) groups is 1. The van der Waals surface area contributed by atoms with E-state index in [1.807, 2.05) is 19.1 Å². The lowest BCUT2D eigenvalue weighted by Crippen LogP contribution is -2.33. The summed E-state index contributed by atoms with van der Waals surface area (Å²) in [6.45, 7) is 4.69. The molecule has 2 aliphatic rings. The Bertz CT molecular complexity index is 541. The van der Waals surface area contributed by atoms with Gasteiger partial charge in [0.1, 0.15) is 5.75 Å². The third kappa shape index (κ3) is 3.39. The van der Waals surface area contributed by atoms with Crippen molar-refractivity contribution in [3.63, 3.8) is 0 Å². The van der Waals surface area contributed by atoms with Gasteiger partial charge in [-0.3, -0.25) is 4.79 Å². The Morgan fingerprint density at radius 1 is 1.41 bits per heavy atom. The molecule has 5 heteroatoms. The van der Waals surface area contributed by atoms with Crippen LogP contribution in [0.1, 0.15) is 30.4 Å². The fraction of sp³-hybridized carbons (Fsp3) is 0.588. The normalized spacial score (nSPS) is 21.8. The minimum atomic E-state index is 0. The molecule has 1 amide bonds. The number of benzene rings is 1. The summed E-state index contributed by atoms with van der Waals surface area (Å²) in [4.78, 5) is 12.3. The summed E-state index contributed by atoms with van der Waals surface area (Å²) in [7, 11) is 1.67. The molecule has 1 atom stereocenters. The van der Waals surface area contributed by atoms with Gasteiger partial charge in [0, 0.05) is 18.0 Å². The summed E-state index contributed by atoms with van der Waals surface area (Å²) in [5.74, 6) is 1.28. The Labute approximate surface area is 138 Å². The first-order chi connectivity index (χ1) is 10.1.